The smallest absolute Gasteiger partial charge is 0.0103 e. The van der Waals surface area contributed by atoms with Crippen molar-refractivity contribution in [1.82, 2.24) is 0 Å². The van der Waals surface area contributed by atoms with Gasteiger partial charge in [-0.3, -0.25) is 0 Å². The fourth-order valence-electron chi connectivity index (χ4n) is 3.98. The third-order valence-electron chi connectivity index (χ3n) is 5.17. The fourth-order valence-corrected chi connectivity index (χ4v) is 3.98. The van der Waals surface area contributed by atoms with Crippen LogP contribution in [0, 0.1) is 17.3 Å². The largest absolute Gasteiger partial charge is 0.0998 e. The van der Waals surface area contributed by atoms with Crippen LogP contribution in [0.25, 0.3) is 0 Å². The molecule has 2 rings (SSSR count). The summed E-state index contributed by atoms with van der Waals surface area (Å²) in [6, 6.07) is 0. The van der Waals surface area contributed by atoms with Crippen molar-refractivity contribution in [3.05, 3.63) is 35.5 Å². The van der Waals surface area contributed by atoms with Crippen LogP contribution in [0.5, 0.6) is 0 Å². The normalized spacial score (nSPS) is 30.9. The van der Waals surface area contributed by atoms with Gasteiger partial charge in [-0.2, -0.15) is 0 Å². The van der Waals surface area contributed by atoms with Gasteiger partial charge in [0.05, 0.1) is 0 Å². The second-order valence-corrected chi connectivity index (χ2v) is 7.13. The molecule has 0 saturated carbocycles. The van der Waals surface area contributed by atoms with Crippen LogP contribution in [0.15, 0.2) is 35.5 Å². The minimum atomic E-state index is 0.418. The average molecular weight is 244 g/mol. The van der Waals surface area contributed by atoms with Gasteiger partial charge in [-0.1, -0.05) is 49.3 Å². The first-order valence-corrected chi connectivity index (χ1v) is 7.35. The molecule has 0 bridgehead atoms. The third kappa shape index (κ3) is 2.35. The van der Waals surface area contributed by atoms with Gasteiger partial charge in [-0.05, 0) is 63.2 Å². The van der Waals surface area contributed by atoms with Crippen molar-refractivity contribution in [1.29, 1.82) is 0 Å². The van der Waals surface area contributed by atoms with Gasteiger partial charge in [-0.25, -0.2) is 0 Å². The van der Waals surface area contributed by atoms with Gasteiger partial charge in [0.25, 0.3) is 0 Å². The molecule has 2 aliphatic carbocycles. The molecule has 18 heavy (non-hydrogen) atoms. The van der Waals surface area contributed by atoms with Crippen LogP contribution in [-0.2, 0) is 0 Å². The first-order chi connectivity index (χ1) is 8.33. The van der Waals surface area contributed by atoms with E-state index >= 15 is 0 Å². The van der Waals surface area contributed by atoms with Crippen molar-refractivity contribution < 1.29 is 0 Å². The van der Waals surface area contributed by atoms with E-state index in [9.17, 15) is 0 Å². The van der Waals surface area contributed by atoms with E-state index in [0.717, 1.165) is 0 Å². The minimum absolute atomic E-state index is 0.418. The number of hydrogen-bond donors (Lipinski definition) is 0. The van der Waals surface area contributed by atoms with E-state index < -0.39 is 0 Å². The lowest BCUT2D eigenvalue weighted by atomic mass is 9.61. The highest BCUT2D eigenvalue weighted by molar-refractivity contribution is 5.32. The van der Waals surface area contributed by atoms with Crippen LogP contribution in [0.2, 0.25) is 0 Å². The van der Waals surface area contributed by atoms with Gasteiger partial charge in [0, 0.05) is 0 Å². The van der Waals surface area contributed by atoms with Gasteiger partial charge in [0.1, 0.15) is 0 Å². The second-order valence-electron chi connectivity index (χ2n) is 7.13. The van der Waals surface area contributed by atoms with Gasteiger partial charge in [0.2, 0.25) is 0 Å². The summed E-state index contributed by atoms with van der Waals surface area (Å²) in [4.78, 5) is 0. The number of allylic oxidation sites excluding steroid dienone is 4. The molecule has 2 aliphatic rings. The van der Waals surface area contributed by atoms with Gasteiger partial charge < -0.3 is 0 Å². The Morgan fingerprint density at radius 1 is 1.06 bits per heavy atom. The molecule has 0 radical (unpaired) electrons. The average Bonchev–Trinajstić information content (AvgIpc) is 2.27. The Hall–Kier alpha value is -0.780. The zero-order chi connectivity index (χ0) is 13.5. The molecule has 0 aliphatic heterocycles. The van der Waals surface area contributed by atoms with Crippen molar-refractivity contribution in [2.75, 3.05) is 0 Å². The summed E-state index contributed by atoms with van der Waals surface area (Å²) in [5, 5.41) is 0. The summed E-state index contributed by atoms with van der Waals surface area (Å²) < 4.78 is 0. The standard InChI is InChI=1S/C18H28/c1-12(2)15-10-14-8-7-9-18(5,6)17(14)11-16(15)13(3)4/h15-16H,1,3,7-11H2,2,4-6H3. The lowest BCUT2D eigenvalue weighted by molar-refractivity contribution is 0.287. The maximum Gasteiger partial charge on any atom is -0.0103 e. The van der Waals surface area contributed by atoms with Crippen molar-refractivity contribution in [3.8, 4) is 0 Å². The van der Waals surface area contributed by atoms with E-state index in [-0.39, 0.29) is 0 Å². The van der Waals surface area contributed by atoms with Crippen LogP contribution in [0.3, 0.4) is 0 Å². The zero-order valence-corrected chi connectivity index (χ0v) is 12.6. The molecule has 100 valence electrons. The van der Waals surface area contributed by atoms with E-state index in [1.165, 1.54) is 43.3 Å². The van der Waals surface area contributed by atoms with Crippen molar-refractivity contribution in [3.63, 3.8) is 0 Å². The van der Waals surface area contributed by atoms with Crippen molar-refractivity contribution >= 4 is 0 Å². The summed E-state index contributed by atoms with van der Waals surface area (Å²) in [5.74, 6) is 1.26. The second kappa shape index (κ2) is 4.72. The van der Waals surface area contributed by atoms with E-state index in [1.807, 2.05) is 0 Å². The van der Waals surface area contributed by atoms with Crippen LogP contribution in [0.1, 0.15) is 59.8 Å². The zero-order valence-electron chi connectivity index (χ0n) is 12.6. The Morgan fingerprint density at radius 3 is 2.17 bits per heavy atom. The highest BCUT2D eigenvalue weighted by Crippen LogP contribution is 2.51. The maximum absolute atomic E-state index is 4.23. The first kappa shape index (κ1) is 13.6. The molecule has 0 spiro atoms. The molecule has 0 aromatic heterocycles. The Balaban J connectivity index is 2.37. The van der Waals surface area contributed by atoms with Crippen molar-refractivity contribution in [2.45, 2.75) is 59.8 Å². The molecule has 0 aromatic carbocycles. The monoisotopic (exact) mass is 244 g/mol. The van der Waals surface area contributed by atoms with E-state index in [2.05, 4.69) is 40.9 Å². The predicted octanol–water partition coefficient (Wildman–Crippen LogP) is 5.67. The minimum Gasteiger partial charge on any atom is -0.0998 e. The highest BCUT2D eigenvalue weighted by atomic mass is 14.4. The first-order valence-electron chi connectivity index (χ1n) is 7.35. The molecule has 0 heteroatoms. The molecule has 2 atom stereocenters. The molecule has 0 fully saturated rings. The van der Waals surface area contributed by atoms with Crippen LogP contribution in [0.4, 0.5) is 0 Å². The summed E-state index contributed by atoms with van der Waals surface area (Å²) in [7, 11) is 0. The predicted molar refractivity (Wildman–Crippen MR) is 80.5 cm³/mol. The molecule has 2 unspecified atom stereocenters. The molecule has 0 amide bonds. The van der Waals surface area contributed by atoms with Gasteiger partial charge in [-0.15, -0.1) is 0 Å². The Morgan fingerprint density at radius 2 is 1.61 bits per heavy atom. The molecule has 0 N–H and O–H groups in total. The molecule has 0 heterocycles. The Labute approximate surface area is 113 Å². The topological polar surface area (TPSA) is 0 Å². The molecule has 0 nitrogen and oxygen atoms in total. The lowest BCUT2D eigenvalue weighted by Gasteiger charge is -2.44. The van der Waals surface area contributed by atoms with Crippen LogP contribution < -0.4 is 0 Å². The van der Waals surface area contributed by atoms with E-state index in [0.29, 0.717) is 17.3 Å². The molecular formula is C18H28. The van der Waals surface area contributed by atoms with Gasteiger partial charge >= 0.3 is 0 Å². The lowest BCUT2D eigenvalue weighted by Crippen LogP contribution is -2.31. The van der Waals surface area contributed by atoms with Gasteiger partial charge in [0.15, 0.2) is 0 Å². The number of rotatable bonds is 2. The molecule has 0 saturated heterocycles. The third-order valence-corrected chi connectivity index (χ3v) is 5.17. The quantitative estimate of drug-likeness (QED) is 0.549. The number of hydrogen-bond acceptors (Lipinski definition) is 0. The van der Waals surface area contributed by atoms with Crippen molar-refractivity contribution in [2.24, 2.45) is 17.3 Å². The summed E-state index contributed by atoms with van der Waals surface area (Å²) in [6.07, 6.45) is 6.52. The van der Waals surface area contributed by atoms with Crippen LogP contribution >= 0.6 is 0 Å². The van der Waals surface area contributed by atoms with E-state index in [4.69, 9.17) is 0 Å². The SMILES string of the molecule is C=C(C)C1CC2=C(CC1C(=C)C)C(C)(C)CCC2. The fraction of sp³-hybridized carbons (Fsp3) is 0.667. The Bertz CT molecular complexity index is 406. The highest BCUT2D eigenvalue weighted by Gasteiger charge is 2.38. The molecular weight excluding hydrogens is 216 g/mol. The maximum atomic E-state index is 4.23. The molecule has 0 aromatic rings. The summed E-state index contributed by atoms with van der Waals surface area (Å²) in [5.41, 5.74) is 6.60. The van der Waals surface area contributed by atoms with E-state index in [1.54, 1.807) is 11.1 Å². The van der Waals surface area contributed by atoms with Crippen LogP contribution in [-0.4, -0.2) is 0 Å². The summed E-state index contributed by atoms with van der Waals surface area (Å²) in [6.45, 7) is 17.7. The summed E-state index contributed by atoms with van der Waals surface area (Å²) >= 11 is 0. The Kier molecular flexibility index (Phi) is 3.58.